The molecule has 1 heterocycles. The van der Waals surface area contributed by atoms with Gasteiger partial charge in [-0.15, -0.1) is 11.3 Å². The van der Waals surface area contributed by atoms with Crippen molar-refractivity contribution in [2.75, 3.05) is 14.2 Å². The molecule has 184 valence electrons. The van der Waals surface area contributed by atoms with E-state index in [0.717, 1.165) is 27.4 Å². The number of nitrogens with zero attached hydrogens (tertiary/aromatic N) is 1. The van der Waals surface area contributed by atoms with Crippen molar-refractivity contribution in [2.45, 2.75) is 32.8 Å². The molecule has 1 atom stereocenters. The van der Waals surface area contributed by atoms with E-state index in [-0.39, 0.29) is 17.7 Å². The van der Waals surface area contributed by atoms with Crippen LogP contribution in [-0.4, -0.2) is 30.8 Å². The van der Waals surface area contributed by atoms with Crippen molar-refractivity contribution < 1.29 is 23.9 Å². The molecule has 0 fully saturated rings. The first kappa shape index (κ1) is 26.2. The molecule has 0 bridgehead atoms. The van der Waals surface area contributed by atoms with Crippen molar-refractivity contribution in [1.82, 2.24) is 10.0 Å². The summed E-state index contributed by atoms with van der Waals surface area (Å²) in [4.78, 5) is 30.9. The number of allylic oxidation sites excluding steroid dienone is 1. The van der Waals surface area contributed by atoms with Gasteiger partial charge < -0.3 is 19.6 Å². The number of methoxy groups -OCH3 is 2. The Labute approximate surface area is 213 Å². The summed E-state index contributed by atoms with van der Waals surface area (Å²) in [7, 11) is 2.91. The van der Waals surface area contributed by atoms with Crippen LogP contribution in [0.2, 0.25) is 0 Å². The Kier molecular flexibility index (Phi) is 9.22. The fraction of sp³-hybridized carbons (Fsp3) is 0.269. The number of hydrogen-bond donors (Lipinski definition) is 1. The summed E-state index contributed by atoms with van der Waals surface area (Å²) in [6.45, 7) is 3.31. The zero-order valence-corrected chi connectivity index (χ0v) is 21.7. The van der Waals surface area contributed by atoms with Crippen LogP contribution in [0.4, 0.5) is 0 Å². The number of aromatic nitrogens is 1. The van der Waals surface area contributed by atoms with E-state index in [9.17, 15) is 9.59 Å². The van der Waals surface area contributed by atoms with Gasteiger partial charge in [-0.1, -0.05) is 36.4 Å². The van der Waals surface area contributed by atoms with Crippen molar-refractivity contribution >= 4 is 35.4 Å². The van der Waals surface area contributed by atoms with Crippen LogP contribution in [0.25, 0.3) is 10.4 Å². The maximum absolute atomic E-state index is 12.0. The Morgan fingerprint density at radius 3 is 2.40 bits per heavy atom. The number of thiazole rings is 1. The molecule has 9 heteroatoms. The number of ether oxygens (including phenoxy) is 2. The Morgan fingerprint density at radius 2 is 1.80 bits per heavy atom. The lowest BCUT2D eigenvalue weighted by Gasteiger charge is -2.20. The standard InChI is InChI=1S/C26H28N2O5S2/c1-17-24(20-13-15-21(31-3)16-14-20)35-26(34)28(17)33-23(19-9-6-5-7-10-19)12-8-11-22(25(30)32-4)27-18(2)29/h5-7,9-11,13-16,23H,8,12H2,1-4H3,(H,27,29)/b22-11-/t23-/m0/s1. The number of rotatable bonds is 10. The fourth-order valence-corrected chi connectivity index (χ4v) is 4.86. The molecule has 3 rings (SSSR count). The Morgan fingerprint density at radius 1 is 1.11 bits per heavy atom. The molecule has 35 heavy (non-hydrogen) atoms. The molecular weight excluding hydrogens is 484 g/mol. The first-order valence-corrected chi connectivity index (χ1v) is 12.2. The quantitative estimate of drug-likeness (QED) is 0.222. The number of benzene rings is 2. The van der Waals surface area contributed by atoms with Gasteiger partial charge in [-0.25, -0.2) is 4.79 Å². The molecule has 0 saturated carbocycles. The minimum absolute atomic E-state index is 0.108. The average Bonchev–Trinajstić information content (AvgIpc) is 3.15. The largest absolute Gasteiger partial charge is 0.497 e. The lowest BCUT2D eigenvalue weighted by molar-refractivity contribution is -0.137. The fourth-order valence-electron chi connectivity index (χ4n) is 3.50. The van der Waals surface area contributed by atoms with Crippen LogP contribution in [0, 0.1) is 10.9 Å². The molecule has 0 saturated heterocycles. The summed E-state index contributed by atoms with van der Waals surface area (Å²) in [6.07, 6.45) is 2.31. The highest BCUT2D eigenvalue weighted by Crippen LogP contribution is 2.32. The monoisotopic (exact) mass is 512 g/mol. The molecule has 0 unspecified atom stereocenters. The average molecular weight is 513 g/mol. The van der Waals surface area contributed by atoms with Crippen LogP contribution in [0.3, 0.4) is 0 Å². The second-order valence-corrected chi connectivity index (χ2v) is 9.32. The Hall–Kier alpha value is -3.43. The second-order valence-electron chi connectivity index (χ2n) is 7.68. The zero-order valence-electron chi connectivity index (χ0n) is 20.1. The zero-order chi connectivity index (χ0) is 25.4. The first-order valence-electron chi connectivity index (χ1n) is 11.0. The number of carbonyl (C=O) groups excluding carboxylic acids is 2. The topological polar surface area (TPSA) is 78.8 Å². The lowest BCUT2D eigenvalue weighted by Crippen LogP contribution is -2.26. The molecule has 0 aliphatic heterocycles. The molecule has 0 spiro atoms. The highest BCUT2D eigenvalue weighted by molar-refractivity contribution is 7.73. The lowest BCUT2D eigenvalue weighted by atomic mass is 10.0. The smallest absolute Gasteiger partial charge is 0.354 e. The maximum atomic E-state index is 12.0. The van der Waals surface area contributed by atoms with Gasteiger partial charge in [0.15, 0.2) is 10.1 Å². The van der Waals surface area contributed by atoms with Crippen LogP contribution in [0.1, 0.15) is 37.1 Å². The van der Waals surface area contributed by atoms with Crippen molar-refractivity contribution in [1.29, 1.82) is 0 Å². The highest BCUT2D eigenvalue weighted by Gasteiger charge is 2.19. The third-order valence-corrected chi connectivity index (χ3v) is 6.73. The molecule has 1 N–H and O–H groups in total. The third-order valence-electron chi connectivity index (χ3n) is 5.24. The van der Waals surface area contributed by atoms with Gasteiger partial charge in [0.1, 0.15) is 11.4 Å². The van der Waals surface area contributed by atoms with E-state index in [2.05, 4.69) is 5.32 Å². The minimum atomic E-state index is -0.600. The summed E-state index contributed by atoms with van der Waals surface area (Å²) in [5.41, 5.74) is 3.00. The van der Waals surface area contributed by atoms with Crippen LogP contribution in [0.5, 0.6) is 5.75 Å². The van der Waals surface area contributed by atoms with Crippen LogP contribution in [-0.2, 0) is 14.3 Å². The molecular formula is C26H28N2O5S2. The van der Waals surface area contributed by atoms with Crippen LogP contribution in [0.15, 0.2) is 66.4 Å². The van der Waals surface area contributed by atoms with E-state index < -0.39 is 5.97 Å². The van der Waals surface area contributed by atoms with E-state index in [1.165, 1.54) is 25.4 Å². The molecule has 7 nitrogen and oxygen atoms in total. The highest BCUT2D eigenvalue weighted by atomic mass is 32.1. The molecule has 0 radical (unpaired) electrons. The predicted octanol–water partition coefficient (Wildman–Crippen LogP) is 5.41. The van der Waals surface area contributed by atoms with Crippen molar-refractivity contribution in [3.63, 3.8) is 0 Å². The normalized spacial score (nSPS) is 12.1. The maximum Gasteiger partial charge on any atom is 0.354 e. The number of carbonyl (C=O) groups is 2. The number of nitrogens with one attached hydrogen (secondary N) is 1. The SMILES string of the molecule is COC(=O)/C(=C/CC[C@H](On1c(C)c(-c2ccc(OC)cc2)sc1=S)c1ccccc1)NC(C)=O. The number of esters is 1. The predicted molar refractivity (Wildman–Crippen MR) is 139 cm³/mol. The van der Waals surface area contributed by atoms with Gasteiger partial charge in [-0.3, -0.25) is 4.79 Å². The van der Waals surface area contributed by atoms with Crippen LogP contribution >= 0.6 is 23.6 Å². The Bertz CT molecular complexity index is 1250. The Balaban J connectivity index is 1.87. The van der Waals surface area contributed by atoms with E-state index in [4.69, 9.17) is 26.5 Å². The van der Waals surface area contributed by atoms with Crippen molar-refractivity contribution in [2.24, 2.45) is 0 Å². The molecule has 1 aromatic heterocycles. The van der Waals surface area contributed by atoms with Crippen molar-refractivity contribution in [3.8, 4) is 16.2 Å². The molecule has 3 aromatic rings. The number of amides is 1. The van der Waals surface area contributed by atoms with Gasteiger partial charge in [0.25, 0.3) is 0 Å². The minimum Gasteiger partial charge on any atom is -0.497 e. The molecule has 2 aromatic carbocycles. The van der Waals surface area contributed by atoms with Gasteiger partial charge in [-0.2, -0.15) is 4.73 Å². The molecule has 0 aliphatic carbocycles. The molecule has 0 aliphatic rings. The first-order chi connectivity index (χ1) is 16.8. The van der Waals surface area contributed by atoms with E-state index in [1.807, 2.05) is 61.5 Å². The summed E-state index contributed by atoms with van der Waals surface area (Å²) >= 11 is 7.12. The van der Waals surface area contributed by atoms with Gasteiger partial charge in [0, 0.05) is 6.92 Å². The number of hydrogen-bond acceptors (Lipinski definition) is 7. The summed E-state index contributed by atoms with van der Waals surface area (Å²) < 4.78 is 12.3. The van der Waals surface area contributed by atoms with E-state index in [0.29, 0.717) is 16.8 Å². The van der Waals surface area contributed by atoms with Gasteiger partial charge >= 0.3 is 5.97 Å². The second kappa shape index (κ2) is 12.3. The summed E-state index contributed by atoms with van der Waals surface area (Å²) in [6, 6.07) is 17.6. The third kappa shape index (κ3) is 6.80. The van der Waals surface area contributed by atoms with Gasteiger partial charge in [0.05, 0.1) is 24.8 Å². The molecule has 1 amide bonds. The van der Waals surface area contributed by atoms with E-state index >= 15 is 0 Å². The van der Waals surface area contributed by atoms with Crippen molar-refractivity contribution in [3.05, 3.63) is 81.6 Å². The summed E-state index contributed by atoms with van der Waals surface area (Å²) in [5.74, 6) is -0.158. The van der Waals surface area contributed by atoms with E-state index in [1.54, 1.807) is 17.9 Å². The van der Waals surface area contributed by atoms with Crippen LogP contribution < -0.4 is 14.9 Å². The van der Waals surface area contributed by atoms with Gasteiger partial charge in [-0.05, 0) is 67.4 Å². The van der Waals surface area contributed by atoms with Gasteiger partial charge in [0.2, 0.25) is 5.91 Å². The summed E-state index contributed by atoms with van der Waals surface area (Å²) in [5, 5.41) is 2.52.